The highest BCUT2D eigenvalue weighted by Crippen LogP contribution is 2.25. The number of carbonyl (C=O) groups excluding carboxylic acids is 1. The normalized spacial score (nSPS) is 13.3. The van der Waals surface area contributed by atoms with Gasteiger partial charge in [0.1, 0.15) is 5.02 Å². The van der Waals surface area contributed by atoms with Crippen LogP contribution in [0.3, 0.4) is 0 Å². The van der Waals surface area contributed by atoms with Crippen LogP contribution in [0, 0.1) is 10.1 Å². The number of nitro benzene ring substituents is 1. The molecule has 0 heterocycles. The molecule has 0 spiro atoms. The highest BCUT2D eigenvalue weighted by atomic mass is 35.5. The second-order valence-corrected chi connectivity index (χ2v) is 4.36. The molecule has 1 amide bonds. The fraction of sp³-hybridized carbons (Fsp3) is 0.273. The van der Waals surface area contributed by atoms with Crippen molar-refractivity contribution in [2.24, 2.45) is 0 Å². The van der Waals surface area contributed by atoms with Crippen molar-refractivity contribution in [2.45, 2.75) is 19.1 Å². The molecule has 0 saturated heterocycles. The summed E-state index contributed by atoms with van der Waals surface area (Å²) in [5.74, 6) is -2.28. The van der Waals surface area contributed by atoms with Gasteiger partial charge in [-0.15, -0.1) is 0 Å². The van der Waals surface area contributed by atoms with Crippen molar-refractivity contribution >= 4 is 29.2 Å². The number of amides is 1. The van der Waals surface area contributed by atoms with Crippen LogP contribution >= 0.6 is 11.6 Å². The van der Waals surface area contributed by atoms with Crippen LogP contribution in [0.4, 0.5) is 5.69 Å². The zero-order valence-corrected chi connectivity index (χ0v) is 11.0. The zero-order chi connectivity index (χ0) is 15.4. The molecule has 20 heavy (non-hydrogen) atoms. The highest BCUT2D eigenvalue weighted by Gasteiger charge is 2.26. The summed E-state index contributed by atoms with van der Waals surface area (Å²) in [6.45, 7) is 1.20. The Morgan fingerprint density at radius 3 is 2.50 bits per heavy atom. The van der Waals surface area contributed by atoms with Gasteiger partial charge >= 0.3 is 5.97 Å². The van der Waals surface area contributed by atoms with Crippen LogP contribution in [0.25, 0.3) is 0 Å². The van der Waals surface area contributed by atoms with Gasteiger partial charge in [-0.1, -0.05) is 11.6 Å². The van der Waals surface area contributed by atoms with Gasteiger partial charge in [0.25, 0.3) is 11.6 Å². The predicted molar refractivity (Wildman–Crippen MR) is 68.7 cm³/mol. The first-order valence-electron chi connectivity index (χ1n) is 5.39. The molecule has 0 saturated carbocycles. The van der Waals surface area contributed by atoms with E-state index in [-0.39, 0.29) is 10.6 Å². The molecule has 0 fully saturated rings. The molecular weight excluding hydrogens is 292 g/mol. The Hall–Kier alpha value is -2.19. The number of aliphatic carboxylic acids is 1. The number of carboxylic acids is 1. The van der Waals surface area contributed by atoms with Gasteiger partial charge in [0.2, 0.25) is 0 Å². The number of nitro groups is 1. The van der Waals surface area contributed by atoms with Gasteiger partial charge in [0.15, 0.2) is 6.04 Å². The summed E-state index contributed by atoms with van der Waals surface area (Å²) in [5.41, 5.74) is -0.601. The number of halogens is 1. The summed E-state index contributed by atoms with van der Waals surface area (Å²) < 4.78 is 0. The van der Waals surface area contributed by atoms with Gasteiger partial charge in [-0.05, 0) is 19.1 Å². The number of hydrogen-bond acceptors (Lipinski definition) is 5. The maximum absolute atomic E-state index is 11.8. The smallest absolute Gasteiger partial charge is 0.328 e. The summed E-state index contributed by atoms with van der Waals surface area (Å²) in [4.78, 5) is 32.6. The molecule has 0 aliphatic carbocycles. The quantitative estimate of drug-likeness (QED) is 0.545. The number of aliphatic hydroxyl groups is 1. The lowest BCUT2D eigenvalue weighted by molar-refractivity contribution is -0.384. The Labute approximate surface area is 118 Å². The van der Waals surface area contributed by atoms with Gasteiger partial charge in [-0.25, -0.2) is 4.79 Å². The maximum atomic E-state index is 11.8. The molecule has 1 aromatic rings. The maximum Gasteiger partial charge on any atom is 0.328 e. The van der Waals surface area contributed by atoms with Crippen LogP contribution in [0.2, 0.25) is 5.02 Å². The van der Waals surface area contributed by atoms with Crippen molar-refractivity contribution in [3.63, 3.8) is 0 Å². The molecule has 8 nitrogen and oxygen atoms in total. The topological polar surface area (TPSA) is 130 Å². The minimum Gasteiger partial charge on any atom is -0.480 e. The number of benzene rings is 1. The Morgan fingerprint density at radius 1 is 1.45 bits per heavy atom. The van der Waals surface area contributed by atoms with E-state index in [1.54, 1.807) is 0 Å². The van der Waals surface area contributed by atoms with Crippen LogP contribution in [0.1, 0.15) is 17.3 Å². The third-order valence-corrected chi connectivity index (χ3v) is 2.76. The molecule has 0 bridgehead atoms. The van der Waals surface area contributed by atoms with Crippen molar-refractivity contribution in [1.29, 1.82) is 0 Å². The van der Waals surface area contributed by atoms with E-state index in [0.29, 0.717) is 0 Å². The number of carboxylic acid groups (broad SMARTS) is 1. The number of nitrogens with one attached hydrogen (secondary N) is 1. The summed E-state index contributed by atoms with van der Waals surface area (Å²) in [5, 5.41) is 30.7. The van der Waals surface area contributed by atoms with Crippen LogP contribution in [0.5, 0.6) is 0 Å². The average molecular weight is 303 g/mol. The molecule has 2 atom stereocenters. The molecule has 1 aromatic carbocycles. The van der Waals surface area contributed by atoms with Crippen molar-refractivity contribution in [2.75, 3.05) is 0 Å². The second-order valence-electron chi connectivity index (χ2n) is 3.95. The largest absolute Gasteiger partial charge is 0.480 e. The summed E-state index contributed by atoms with van der Waals surface area (Å²) in [6, 6.07) is 1.79. The third-order valence-electron chi connectivity index (χ3n) is 2.44. The fourth-order valence-electron chi connectivity index (χ4n) is 1.41. The molecule has 0 unspecified atom stereocenters. The van der Waals surface area contributed by atoms with Crippen molar-refractivity contribution in [3.8, 4) is 0 Å². The van der Waals surface area contributed by atoms with E-state index in [1.165, 1.54) is 13.0 Å². The second kappa shape index (κ2) is 6.31. The first-order chi connectivity index (χ1) is 9.23. The number of aliphatic hydroxyl groups excluding tert-OH is 1. The standard InChI is InChI=1S/C11H11ClN2O6/c1-5(15)9(11(17)18)13-10(16)6-2-3-7(12)8(4-6)14(19)20/h2-5,9,15H,1H3,(H,13,16)(H,17,18)/t5-,9+/m1/s1. The SMILES string of the molecule is C[C@@H](O)[C@H](NC(=O)c1ccc(Cl)c([N+](=O)[O-])c1)C(=O)O. The van der Waals surface area contributed by atoms with Crippen molar-refractivity contribution < 1.29 is 24.7 Å². The third kappa shape index (κ3) is 3.65. The monoisotopic (exact) mass is 302 g/mol. The van der Waals surface area contributed by atoms with E-state index >= 15 is 0 Å². The average Bonchev–Trinajstić information content (AvgIpc) is 2.34. The van der Waals surface area contributed by atoms with E-state index in [9.17, 15) is 24.8 Å². The Kier molecular flexibility index (Phi) is 5.00. The summed E-state index contributed by atoms with van der Waals surface area (Å²) in [6.07, 6.45) is -1.32. The minimum atomic E-state index is -1.52. The lowest BCUT2D eigenvalue weighted by Crippen LogP contribution is -2.47. The van der Waals surface area contributed by atoms with Gasteiger partial charge in [0.05, 0.1) is 11.0 Å². The molecule has 1 rings (SSSR count). The summed E-state index contributed by atoms with van der Waals surface area (Å²) >= 11 is 5.60. The van der Waals surface area contributed by atoms with E-state index in [4.69, 9.17) is 16.7 Å². The first kappa shape index (κ1) is 15.9. The van der Waals surface area contributed by atoms with Gasteiger partial charge in [0, 0.05) is 11.6 Å². The number of carbonyl (C=O) groups is 2. The van der Waals surface area contributed by atoms with Crippen LogP contribution in [0.15, 0.2) is 18.2 Å². The molecule has 0 aromatic heterocycles. The van der Waals surface area contributed by atoms with Gasteiger partial charge in [-0.3, -0.25) is 14.9 Å². The van der Waals surface area contributed by atoms with Crippen LogP contribution < -0.4 is 5.32 Å². The van der Waals surface area contributed by atoms with E-state index in [2.05, 4.69) is 5.32 Å². The lowest BCUT2D eigenvalue weighted by Gasteiger charge is -2.16. The Balaban J connectivity index is 3.01. The van der Waals surface area contributed by atoms with Crippen molar-refractivity contribution in [1.82, 2.24) is 5.32 Å². The first-order valence-corrected chi connectivity index (χ1v) is 5.77. The molecular formula is C11H11ClN2O6. The fourth-order valence-corrected chi connectivity index (χ4v) is 1.59. The van der Waals surface area contributed by atoms with Crippen molar-refractivity contribution in [3.05, 3.63) is 38.9 Å². The van der Waals surface area contributed by atoms with Gasteiger partial charge < -0.3 is 15.5 Å². The molecule has 0 radical (unpaired) electrons. The van der Waals surface area contributed by atoms with Crippen LogP contribution in [-0.4, -0.2) is 39.2 Å². The lowest BCUT2D eigenvalue weighted by atomic mass is 10.1. The Bertz CT molecular complexity index is 560. The minimum absolute atomic E-state index is 0.131. The molecule has 108 valence electrons. The molecule has 0 aliphatic heterocycles. The number of nitrogens with zero attached hydrogens (tertiary/aromatic N) is 1. The summed E-state index contributed by atoms with van der Waals surface area (Å²) in [7, 11) is 0. The van der Waals surface area contributed by atoms with E-state index in [0.717, 1.165) is 12.1 Å². The van der Waals surface area contributed by atoms with E-state index < -0.39 is 34.6 Å². The number of rotatable bonds is 5. The highest BCUT2D eigenvalue weighted by molar-refractivity contribution is 6.32. The molecule has 3 N–H and O–H groups in total. The Morgan fingerprint density at radius 2 is 2.05 bits per heavy atom. The van der Waals surface area contributed by atoms with E-state index in [1.807, 2.05) is 0 Å². The molecule has 9 heteroatoms. The van der Waals surface area contributed by atoms with Crippen LogP contribution in [-0.2, 0) is 4.79 Å². The predicted octanol–water partition coefficient (Wildman–Crippen LogP) is 0.812. The number of hydrogen-bond donors (Lipinski definition) is 3. The zero-order valence-electron chi connectivity index (χ0n) is 10.2. The molecule has 0 aliphatic rings. The van der Waals surface area contributed by atoms with Gasteiger partial charge in [-0.2, -0.15) is 0 Å².